The zero-order chi connectivity index (χ0) is 22.0. The molecule has 2 N–H and O–H groups in total. The van der Waals surface area contributed by atoms with Crippen LogP contribution in [0, 0.1) is 0 Å². The van der Waals surface area contributed by atoms with Gasteiger partial charge in [-0.15, -0.1) is 0 Å². The molecule has 0 saturated heterocycles. The van der Waals surface area contributed by atoms with E-state index in [1.54, 1.807) is 6.07 Å². The Morgan fingerprint density at radius 2 is 1.71 bits per heavy atom. The van der Waals surface area contributed by atoms with Gasteiger partial charge in [-0.1, -0.05) is 36.4 Å². The minimum atomic E-state index is -3.69. The molecule has 1 unspecified atom stereocenters. The van der Waals surface area contributed by atoms with Crippen LogP contribution < -0.4 is 10.0 Å². The van der Waals surface area contributed by atoms with E-state index in [1.807, 2.05) is 36.4 Å². The molecule has 1 fully saturated rings. The number of carbonyl (C=O) groups excluding carboxylic acids is 2. The van der Waals surface area contributed by atoms with Gasteiger partial charge in [-0.25, -0.2) is 17.9 Å². The van der Waals surface area contributed by atoms with Gasteiger partial charge in [-0.2, -0.15) is 0 Å². The van der Waals surface area contributed by atoms with Crippen LogP contribution in [0.3, 0.4) is 0 Å². The molecule has 7 nitrogen and oxygen atoms in total. The first kappa shape index (κ1) is 21.0. The molecule has 3 aromatic rings. The van der Waals surface area contributed by atoms with Crippen molar-refractivity contribution in [2.45, 2.75) is 36.8 Å². The second kappa shape index (κ2) is 8.49. The van der Waals surface area contributed by atoms with Crippen molar-refractivity contribution in [2.24, 2.45) is 0 Å². The van der Waals surface area contributed by atoms with Crippen molar-refractivity contribution in [1.29, 1.82) is 0 Å². The molecule has 1 aliphatic carbocycles. The molecule has 31 heavy (non-hydrogen) atoms. The average Bonchev–Trinajstić information content (AvgIpc) is 3.57. The largest absolute Gasteiger partial charge is 0.449 e. The minimum absolute atomic E-state index is 0.0119. The van der Waals surface area contributed by atoms with Crippen LogP contribution in [0.25, 0.3) is 10.8 Å². The van der Waals surface area contributed by atoms with Crippen LogP contribution >= 0.6 is 0 Å². The summed E-state index contributed by atoms with van der Waals surface area (Å²) in [5.74, 6) is -1.26. The first-order chi connectivity index (χ1) is 14.8. The molecule has 1 saturated carbocycles. The zero-order valence-corrected chi connectivity index (χ0v) is 17.7. The van der Waals surface area contributed by atoms with E-state index in [0.717, 1.165) is 23.6 Å². The number of benzene rings is 3. The fourth-order valence-electron chi connectivity index (χ4n) is 3.07. The number of carbonyl (C=O) groups is 2. The molecule has 0 aliphatic heterocycles. The quantitative estimate of drug-likeness (QED) is 0.550. The maximum Gasteiger partial charge on any atom is 0.338 e. The maximum atomic E-state index is 12.5. The Morgan fingerprint density at radius 3 is 2.45 bits per heavy atom. The van der Waals surface area contributed by atoms with E-state index >= 15 is 0 Å². The highest BCUT2D eigenvalue weighted by atomic mass is 32.2. The lowest BCUT2D eigenvalue weighted by atomic mass is 10.1. The van der Waals surface area contributed by atoms with Gasteiger partial charge in [0, 0.05) is 11.7 Å². The summed E-state index contributed by atoms with van der Waals surface area (Å²) in [6.45, 7) is 1.46. The number of sulfonamides is 1. The molecule has 0 radical (unpaired) electrons. The summed E-state index contributed by atoms with van der Waals surface area (Å²) in [5.41, 5.74) is 0.648. The van der Waals surface area contributed by atoms with Gasteiger partial charge in [0.15, 0.2) is 6.10 Å². The molecule has 4 rings (SSSR count). The molecule has 1 aliphatic rings. The standard InChI is InChI=1S/C23H22N2O5S/c1-15(22(26)24-20-10-9-16-5-2-3-6-17(16)13-20)30-23(27)18-7-4-8-21(14-18)31(28,29)25-19-11-12-19/h2-10,13-15,19,25H,11-12H2,1H3,(H,24,26). The number of fused-ring (bicyclic) bond motifs is 1. The van der Waals surface area contributed by atoms with Crippen molar-refractivity contribution in [3.8, 4) is 0 Å². The van der Waals surface area contributed by atoms with E-state index in [2.05, 4.69) is 10.0 Å². The monoisotopic (exact) mass is 438 g/mol. The zero-order valence-electron chi connectivity index (χ0n) is 16.9. The van der Waals surface area contributed by atoms with Gasteiger partial charge in [0.2, 0.25) is 10.0 Å². The lowest BCUT2D eigenvalue weighted by Crippen LogP contribution is -2.30. The Morgan fingerprint density at radius 1 is 0.968 bits per heavy atom. The molecule has 0 heterocycles. The van der Waals surface area contributed by atoms with E-state index in [-0.39, 0.29) is 16.5 Å². The molecule has 0 aromatic heterocycles. The normalized spacial score (nSPS) is 14.7. The van der Waals surface area contributed by atoms with Crippen LogP contribution in [0.1, 0.15) is 30.1 Å². The number of nitrogens with one attached hydrogen (secondary N) is 2. The summed E-state index contributed by atoms with van der Waals surface area (Å²) in [4.78, 5) is 24.9. The predicted molar refractivity (Wildman–Crippen MR) is 117 cm³/mol. The van der Waals surface area contributed by atoms with Crippen LogP contribution in [0.15, 0.2) is 71.6 Å². The lowest BCUT2D eigenvalue weighted by Gasteiger charge is -2.14. The maximum absolute atomic E-state index is 12.5. The van der Waals surface area contributed by atoms with Crippen molar-refractivity contribution in [3.05, 3.63) is 72.3 Å². The molecule has 160 valence electrons. The van der Waals surface area contributed by atoms with E-state index in [9.17, 15) is 18.0 Å². The van der Waals surface area contributed by atoms with Crippen LogP contribution in [-0.2, 0) is 19.6 Å². The van der Waals surface area contributed by atoms with E-state index < -0.39 is 28.0 Å². The molecule has 1 amide bonds. The van der Waals surface area contributed by atoms with Crippen molar-refractivity contribution < 1.29 is 22.7 Å². The van der Waals surface area contributed by atoms with Gasteiger partial charge in [-0.3, -0.25) is 4.79 Å². The highest BCUT2D eigenvalue weighted by Gasteiger charge is 2.28. The van der Waals surface area contributed by atoms with Gasteiger partial charge in [0.05, 0.1) is 10.5 Å². The second-order valence-corrected chi connectivity index (χ2v) is 9.24. The fourth-order valence-corrected chi connectivity index (χ4v) is 4.42. The molecular weight excluding hydrogens is 416 g/mol. The molecule has 0 spiro atoms. The lowest BCUT2D eigenvalue weighted by molar-refractivity contribution is -0.123. The van der Waals surface area contributed by atoms with E-state index in [0.29, 0.717) is 5.69 Å². The van der Waals surface area contributed by atoms with Crippen LogP contribution in [0.5, 0.6) is 0 Å². The Labute approximate surface area is 180 Å². The predicted octanol–water partition coefficient (Wildman–Crippen LogP) is 3.46. The van der Waals surface area contributed by atoms with Gasteiger partial charge in [-0.05, 0) is 60.9 Å². The third kappa shape index (κ3) is 5.10. The molecule has 8 heteroatoms. The number of esters is 1. The molecule has 1 atom stereocenters. The number of anilines is 1. The van der Waals surface area contributed by atoms with Gasteiger partial charge in [0.25, 0.3) is 5.91 Å². The highest BCUT2D eigenvalue weighted by Crippen LogP contribution is 2.23. The second-order valence-electron chi connectivity index (χ2n) is 7.52. The first-order valence-electron chi connectivity index (χ1n) is 9.95. The van der Waals surface area contributed by atoms with E-state index in [4.69, 9.17) is 4.74 Å². The Kier molecular flexibility index (Phi) is 5.75. The topological polar surface area (TPSA) is 102 Å². The number of amides is 1. The molecular formula is C23H22N2O5S. The first-order valence-corrected chi connectivity index (χ1v) is 11.4. The van der Waals surface area contributed by atoms with Crippen LogP contribution in [0.4, 0.5) is 5.69 Å². The number of hydrogen-bond donors (Lipinski definition) is 2. The highest BCUT2D eigenvalue weighted by molar-refractivity contribution is 7.89. The summed E-state index contributed by atoms with van der Waals surface area (Å²) in [6.07, 6.45) is 0.555. The Bertz CT molecular complexity index is 1250. The van der Waals surface area contributed by atoms with Crippen molar-refractivity contribution in [1.82, 2.24) is 4.72 Å². The van der Waals surface area contributed by atoms with Gasteiger partial charge >= 0.3 is 5.97 Å². The smallest absolute Gasteiger partial charge is 0.338 e. The third-order valence-electron chi connectivity index (χ3n) is 4.95. The SMILES string of the molecule is CC(OC(=O)c1cccc(S(=O)(=O)NC2CC2)c1)C(=O)Nc1ccc2ccccc2c1. The van der Waals surface area contributed by atoms with Gasteiger partial charge < -0.3 is 10.1 Å². The third-order valence-corrected chi connectivity index (χ3v) is 6.47. The summed E-state index contributed by atoms with van der Waals surface area (Å²) >= 11 is 0. The molecule has 3 aromatic carbocycles. The van der Waals surface area contributed by atoms with Crippen molar-refractivity contribution >= 4 is 38.4 Å². The van der Waals surface area contributed by atoms with Gasteiger partial charge in [0.1, 0.15) is 0 Å². The van der Waals surface area contributed by atoms with Crippen LogP contribution in [0.2, 0.25) is 0 Å². The van der Waals surface area contributed by atoms with Crippen LogP contribution in [-0.4, -0.2) is 32.4 Å². The Balaban J connectivity index is 1.41. The summed E-state index contributed by atoms with van der Waals surface area (Å²) in [7, 11) is -3.69. The average molecular weight is 439 g/mol. The summed E-state index contributed by atoms with van der Waals surface area (Å²) in [5, 5.41) is 4.75. The minimum Gasteiger partial charge on any atom is -0.449 e. The Hall–Kier alpha value is -3.23. The fraction of sp³-hybridized carbons (Fsp3) is 0.217. The summed E-state index contributed by atoms with van der Waals surface area (Å²) < 4.78 is 32.5. The number of rotatable bonds is 7. The number of ether oxygens (including phenoxy) is 1. The van der Waals surface area contributed by atoms with E-state index in [1.165, 1.54) is 31.2 Å². The molecule has 0 bridgehead atoms. The summed E-state index contributed by atoms with van der Waals surface area (Å²) in [6, 6.07) is 18.8. The van der Waals surface area contributed by atoms with Crippen molar-refractivity contribution in [2.75, 3.05) is 5.32 Å². The number of hydrogen-bond acceptors (Lipinski definition) is 5. The van der Waals surface area contributed by atoms with Crippen molar-refractivity contribution in [3.63, 3.8) is 0 Å².